The van der Waals surface area contributed by atoms with Gasteiger partial charge in [-0.3, -0.25) is 0 Å². The van der Waals surface area contributed by atoms with Crippen LogP contribution in [0.4, 0.5) is 0 Å². The first kappa shape index (κ1) is 13.2. The molecule has 1 spiro atoms. The van der Waals surface area contributed by atoms with Gasteiger partial charge in [0.05, 0.1) is 13.2 Å². The van der Waals surface area contributed by atoms with Gasteiger partial charge in [-0.25, -0.2) is 4.79 Å². The van der Waals surface area contributed by atoms with Gasteiger partial charge in [0, 0.05) is 11.0 Å². The zero-order valence-corrected chi connectivity index (χ0v) is 12.3. The molecule has 0 bridgehead atoms. The number of esters is 1. The molecule has 19 heavy (non-hydrogen) atoms. The molecule has 3 aliphatic rings. The first-order chi connectivity index (χ1) is 8.88. The summed E-state index contributed by atoms with van der Waals surface area (Å²) in [4.78, 5) is 12.0. The van der Waals surface area contributed by atoms with Gasteiger partial charge in [0.25, 0.3) is 0 Å². The third-order valence-electron chi connectivity index (χ3n) is 6.49. The number of methoxy groups -OCH3 is 1. The standard InChI is InChI=1S/C16H24O3/c1-9-7-13(17)16-10(2)11(14(18)19-4)8-15(16,3)6-5-12(9)16/h8-10,12-13,17H,5-7H2,1-4H3. The van der Waals surface area contributed by atoms with E-state index < -0.39 is 0 Å². The molecule has 0 aliphatic heterocycles. The van der Waals surface area contributed by atoms with Crippen LogP contribution in [-0.4, -0.2) is 24.3 Å². The van der Waals surface area contributed by atoms with Crippen LogP contribution in [0.25, 0.3) is 0 Å². The SMILES string of the molecule is COC(=O)C1=CC2(C)CCC3C(C)CC(O)C32C1C. The minimum absolute atomic E-state index is 0.0508. The maximum absolute atomic E-state index is 12.0. The van der Waals surface area contributed by atoms with Gasteiger partial charge in [-0.2, -0.15) is 0 Å². The van der Waals surface area contributed by atoms with Crippen molar-refractivity contribution in [3.05, 3.63) is 11.6 Å². The van der Waals surface area contributed by atoms with Crippen molar-refractivity contribution in [1.29, 1.82) is 0 Å². The lowest BCUT2D eigenvalue weighted by Crippen LogP contribution is -2.46. The Labute approximate surface area is 115 Å². The molecule has 106 valence electrons. The van der Waals surface area contributed by atoms with Gasteiger partial charge in [-0.05, 0) is 42.4 Å². The van der Waals surface area contributed by atoms with Crippen molar-refractivity contribution in [3.63, 3.8) is 0 Å². The van der Waals surface area contributed by atoms with Crippen molar-refractivity contribution in [2.45, 2.75) is 46.1 Å². The summed E-state index contributed by atoms with van der Waals surface area (Å²) in [5.74, 6) is 0.950. The van der Waals surface area contributed by atoms with E-state index in [9.17, 15) is 9.90 Å². The fraction of sp³-hybridized carbons (Fsp3) is 0.812. The lowest BCUT2D eigenvalue weighted by molar-refractivity contribution is -0.137. The van der Waals surface area contributed by atoms with Crippen LogP contribution in [0.2, 0.25) is 0 Å². The molecule has 0 heterocycles. The number of ether oxygens (including phenoxy) is 1. The lowest BCUT2D eigenvalue weighted by Gasteiger charge is -2.45. The molecule has 3 heteroatoms. The van der Waals surface area contributed by atoms with Gasteiger partial charge in [-0.1, -0.05) is 26.8 Å². The van der Waals surface area contributed by atoms with Crippen LogP contribution in [0, 0.1) is 28.6 Å². The third-order valence-corrected chi connectivity index (χ3v) is 6.49. The number of aliphatic hydroxyl groups excluding tert-OH is 1. The largest absolute Gasteiger partial charge is 0.466 e. The predicted octanol–water partition coefficient (Wildman–Crippen LogP) is 2.54. The topological polar surface area (TPSA) is 46.5 Å². The fourth-order valence-electron chi connectivity index (χ4n) is 5.81. The number of carbonyl (C=O) groups excluding carboxylic acids is 1. The van der Waals surface area contributed by atoms with Crippen molar-refractivity contribution in [2.24, 2.45) is 28.6 Å². The molecular weight excluding hydrogens is 240 g/mol. The minimum Gasteiger partial charge on any atom is -0.466 e. The number of hydrogen-bond donors (Lipinski definition) is 1. The molecule has 0 saturated heterocycles. The zero-order chi connectivity index (χ0) is 14.0. The van der Waals surface area contributed by atoms with E-state index in [1.165, 1.54) is 13.5 Å². The smallest absolute Gasteiger partial charge is 0.333 e. The quantitative estimate of drug-likeness (QED) is 0.740. The molecule has 2 fully saturated rings. The van der Waals surface area contributed by atoms with E-state index in [2.05, 4.69) is 26.8 Å². The summed E-state index contributed by atoms with van der Waals surface area (Å²) in [6.45, 7) is 6.57. The van der Waals surface area contributed by atoms with Crippen molar-refractivity contribution in [1.82, 2.24) is 0 Å². The molecule has 3 aliphatic carbocycles. The van der Waals surface area contributed by atoms with E-state index in [1.54, 1.807) is 0 Å². The molecule has 0 aromatic heterocycles. The molecular formula is C16H24O3. The lowest BCUT2D eigenvalue weighted by atomic mass is 9.60. The monoisotopic (exact) mass is 264 g/mol. The van der Waals surface area contributed by atoms with Gasteiger partial charge in [0.15, 0.2) is 0 Å². The summed E-state index contributed by atoms with van der Waals surface area (Å²) < 4.78 is 4.93. The molecule has 0 aromatic carbocycles. The number of rotatable bonds is 1. The van der Waals surface area contributed by atoms with Gasteiger partial charge < -0.3 is 9.84 Å². The molecule has 0 amide bonds. The van der Waals surface area contributed by atoms with E-state index in [4.69, 9.17) is 4.74 Å². The second-order valence-corrected chi connectivity index (χ2v) is 7.04. The molecule has 6 unspecified atom stereocenters. The summed E-state index contributed by atoms with van der Waals surface area (Å²) in [5.41, 5.74) is 0.587. The Morgan fingerprint density at radius 1 is 1.47 bits per heavy atom. The molecule has 2 saturated carbocycles. The summed E-state index contributed by atoms with van der Waals surface area (Å²) in [6, 6.07) is 0. The first-order valence-electron chi connectivity index (χ1n) is 7.37. The third kappa shape index (κ3) is 1.30. The average Bonchev–Trinajstić information content (AvgIpc) is 2.89. The van der Waals surface area contributed by atoms with E-state index in [1.807, 2.05) is 0 Å². The highest BCUT2D eigenvalue weighted by molar-refractivity contribution is 5.90. The van der Waals surface area contributed by atoms with Crippen LogP contribution in [0.3, 0.4) is 0 Å². The highest BCUT2D eigenvalue weighted by Crippen LogP contribution is 2.73. The van der Waals surface area contributed by atoms with Crippen LogP contribution >= 0.6 is 0 Å². The Kier molecular flexibility index (Phi) is 2.66. The minimum atomic E-state index is -0.298. The second kappa shape index (κ2) is 3.85. The van der Waals surface area contributed by atoms with E-state index in [-0.39, 0.29) is 28.8 Å². The number of allylic oxidation sites excluding steroid dienone is 1. The van der Waals surface area contributed by atoms with Crippen LogP contribution in [-0.2, 0) is 9.53 Å². The summed E-state index contributed by atoms with van der Waals surface area (Å²) in [7, 11) is 1.44. The Bertz CT molecular complexity index is 455. The highest BCUT2D eigenvalue weighted by Gasteiger charge is 2.70. The van der Waals surface area contributed by atoms with Gasteiger partial charge in [0.1, 0.15) is 0 Å². The number of hydrogen-bond acceptors (Lipinski definition) is 3. The van der Waals surface area contributed by atoms with E-state index in [0.29, 0.717) is 11.8 Å². The molecule has 6 atom stereocenters. The normalized spacial score (nSPS) is 51.7. The van der Waals surface area contributed by atoms with E-state index >= 15 is 0 Å². The average molecular weight is 264 g/mol. The van der Waals surface area contributed by atoms with Crippen LogP contribution in [0.5, 0.6) is 0 Å². The van der Waals surface area contributed by atoms with E-state index in [0.717, 1.165) is 18.4 Å². The Balaban J connectivity index is 2.11. The molecule has 3 rings (SSSR count). The first-order valence-corrected chi connectivity index (χ1v) is 7.37. The predicted molar refractivity (Wildman–Crippen MR) is 72.3 cm³/mol. The molecule has 3 nitrogen and oxygen atoms in total. The highest BCUT2D eigenvalue weighted by atomic mass is 16.5. The summed E-state index contributed by atoms with van der Waals surface area (Å²) in [5, 5.41) is 10.8. The van der Waals surface area contributed by atoms with Crippen molar-refractivity contribution >= 4 is 5.97 Å². The van der Waals surface area contributed by atoms with Crippen LogP contribution in [0.15, 0.2) is 11.6 Å². The Morgan fingerprint density at radius 2 is 2.16 bits per heavy atom. The van der Waals surface area contributed by atoms with Crippen molar-refractivity contribution < 1.29 is 14.6 Å². The Hall–Kier alpha value is -0.830. The van der Waals surface area contributed by atoms with Crippen molar-refractivity contribution in [2.75, 3.05) is 7.11 Å². The number of carbonyl (C=O) groups is 1. The molecule has 0 aromatic rings. The molecule has 1 N–H and O–H groups in total. The molecule has 0 radical (unpaired) electrons. The van der Waals surface area contributed by atoms with Gasteiger partial charge in [-0.15, -0.1) is 0 Å². The van der Waals surface area contributed by atoms with Crippen LogP contribution < -0.4 is 0 Å². The summed E-state index contributed by atoms with van der Waals surface area (Å²) in [6.07, 6.45) is 4.93. The Morgan fingerprint density at radius 3 is 2.79 bits per heavy atom. The summed E-state index contributed by atoms with van der Waals surface area (Å²) >= 11 is 0. The van der Waals surface area contributed by atoms with Gasteiger partial charge in [0.2, 0.25) is 0 Å². The second-order valence-electron chi connectivity index (χ2n) is 7.04. The number of aliphatic hydroxyl groups is 1. The maximum atomic E-state index is 12.0. The van der Waals surface area contributed by atoms with Crippen molar-refractivity contribution in [3.8, 4) is 0 Å². The zero-order valence-electron chi connectivity index (χ0n) is 12.3. The maximum Gasteiger partial charge on any atom is 0.333 e. The fourth-order valence-corrected chi connectivity index (χ4v) is 5.81. The van der Waals surface area contributed by atoms with Crippen LogP contribution in [0.1, 0.15) is 40.0 Å². The van der Waals surface area contributed by atoms with Gasteiger partial charge >= 0.3 is 5.97 Å².